The smallest absolute Gasteiger partial charge is 0.435 e. The first-order chi connectivity index (χ1) is 17.6. The Balaban J connectivity index is 1.64. The predicted octanol–water partition coefficient (Wildman–Crippen LogP) is 4.96. The number of benzene rings is 3. The van der Waals surface area contributed by atoms with Crippen LogP contribution in [0.1, 0.15) is 38.9 Å². The monoisotopic (exact) mass is 509 g/mol. The molecule has 0 aliphatic rings. The van der Waals surface area contributed by atoms with Gasteiger partial charge in [-0.05, 0) is 41.0 Å². The van der Waals surface area contributed by atoms with E-state index in [-0.39, 0.29) is 17.9 Å². The summed E-state index contributed by atoms with van der Waals surface area (Å²) in [6, 6.07) is 22.3. The molecule has 0 spiro atoms. The van der Waals surface area contributed by atoms with Gasteiger partial charge in [0.1, 0.15) is 5.69 Å². The van der Waals surface area contributed by atoms with Crippen LogP contribution in [0.15, 0.2) is 84.9 Å². The fraction of sp³-hybridized carbons (Fsp3) is 0.115. The van der Waals surface area contributed by atoms with E-state index in [2.05, 4.69) is 15.7 Å². The third kappa shape index (κ3) is 6.14. The van der Waals surface area contributed by atoms with Crippen LogP contribution in [0.2, 0.25) is 0 Å². The summed E-state index contributed by atoms with van der Waals surface area (Å²) in [5, 5.41) is 17.2. The number of aromatic nitrogens is 2. The number of nitrogens with zero attached hydrogens (tertiary/aromatic N) is 2. The molecule has 0 radical (unpaired) electrons. The zero-order chi connectivity index (χ0) is 26.6. The summed E-state index contributed by atoms with van der Waals surface area (Å²) in [4.78, 5) is 23.9. The third-order valence-corrected chi connectivity index (χ3v) is 5.49. The standard InChI is InChI=1S/C26H22F3N5O3/c27-26(28,29)22-14-21(34(33-22)20-11-4-6-16(12-20)15-31-25(36)37)24(35)32-19-10-5-9-18(13-19)23(30)17-7-2-1-3-8-17/h1-14,23,31H,15,30H2,(H,32,35)(H,36,37). The number of amides is 2. The van der Waals surface area contributed by atoms with Crippen molar-refractivity contribution in [2.24, 2.45) is 5.73 Å². The minimum absolute atomic E-state index is 0.0768. The van der Waals surface area contributed by atoms with Gasteiger partial charge in [0.25, 0.3) is 5.91 Å². The van der Waals surface area contributed by atoms with E-state index in [0.717, 1.165) is 10.2 Å². The van der Waals surface area contributed by atoms with Crippen molar-refractivity contribution < 1.29 is 27.9 Å². The van der Waals surface area contributed by atoms with Crippen LogP contribution in [0, 0.1) is 0 Å². The van der Waals surface area contributed by atoms with Gasteiger partial charge in [0.2, 0.25) is 0 Å². The Hall–Kier alpha value is -4.64. The summed E-state index contributed by atoms with van der Waals surface area (Å²) < 4.78 is 41.3. The van der Waals surface area contributed by atoms with Gasteiger partial charge in [0.05, 0.1) is 11.7 Å². The van der Waals surface area contributed by atoms with Crippen LogP contribution in [0.5, 0.6) is 0 Å². The van der Waals surface area contributed by atoms with Crippen LogP contribution >= 0.6 is 0 Å². The number of anilines is 1. The molecule has 1 unspecified atom stereocenters. The number of hydrogen-bond donors (Lipinski definition) is 4. The maximum absolute atomic E-state index is 13.5. The zero-order valence-corrected chi connectivity index (χ0v) is 19.2. The number of alkyl halides is 3. The van der Waals surface area contributed by atoms with E-state index in [1.807, 2.05) is 30.3 Å². The third-order valence-electron chi connectivity index (χ3n) is 5.49. The lowest BCUT2D eigenvalue weighted by molar-refractivity contribution is -0.141. The molecule has 0 aliphatic carbocycles. The van der Waals surface area contributed by atoms with E-state index in [0.29, 0.717) is 22.9 Å². The van der Waals surface area contributed by atoms with Gasteiger partial charge in [0, 0.05) is 18.3 Å². The average Bonchev–Trinajstić information content (AvgIpc) is 3.35. The molecule has 3 aromatic carbocycles. The lowest BCUT2D eigenvalue weighted by Crippen LogP contribution is -2.20. The molecule has 2 amide bonds. The Labute approximate surface area is 209 Å². The Morgan fingerprint density at radius 3 is 2.35 bits per heavy atom. The van der Waals surface area contributed by atoms with E-state index >= 15 is 0 Å². The molecule has 0 bridgehead atoms. The SMILES string of the molecule is NC(c1ccccc1)c1cccc(NC(=O)c2cc(C(F)(F)F)nn2-c2cccc(CNC(=O)O)c2)c1. The number of carbonyl (C=O) groups is 2. The molecule has 0 saturated carbocycles. The summed E-state index contributed by atoms with van der Waals surface area (Å²) in [5.74, 6) is -0.817. The Morgan fingerprint density at radius 2 is 1.65 bits per heavy atom. The average molecular weight is 509 g/mol. The van der Waals surface area contributed by atoms with Gasteiger partial charge in [-0.1, -0.05) is 54.6 Å². The topological polar surface area (TPSA) is 122 Å². The van der Waals surface area contributed by atoms with Gasteiger partial charge in [0.15, 0.2) is 5.69 Å². The molecular weight excluding hydrogens is 487 g/mol. The van der Waals surface area contributed by atoms with Crippen molar-refractivity contribution in [3.8, 4) is 5.69 Å². The van der Waals surface area contributed by atoms with E-state index in [4.69, 9.17) is 10.8 Å². The molecule has 190 valence electrons. The molecule has 37 heavy (non-hydrogen) atoms. The van der Waals surface area contributed by atoms with Crippen LogP contribution in [0.3, 0.4) is 0 Å². The van der Waals surface area contributed by atoms with Crippen molar-refractivity contribution in [2.75, 3.05) is 5.32 Å². The van der Waals surface area contributed by atoms with E-state index < -0.39 is 29.9 Å². The molecule has 0 saturated heterocycles. The molecule has 0 aliphatic heterocycles. The molecule has 1 atom stereocenters. The highest BCUT2D eigenvalue weighted by Gasteiger charge is 2.36. The number of carbonyl (C=O) groups excluding carboxylic acids is 1. The number of halogens is 3. The largest absolute Gasteiger partial charge is 0.465 e. The zero-order valence-electron chi connectivity index (χ0n) is 19.2. The second-order valence-electron chi connectivity index (χ2n) is 8.12. The fourth-order valence-electron chi connectivity index (χ4n) is 3.71. The predicted molar refractivity (Wildman–Crippen MR) is 130 cm³/mol. The highest BCUT2D eigenvalue weighted by atomic mass is 19.4. The minimum atomic E-state index is -4.79. The lowest BCUT2D eigenvalue weighted by atomic mass is 9.99. The first-order valence-electron chi connectivity index (χ1n) is 11.1. The summed E-state index contributed by atoms with van der Waals surface area (Å²) in [6.07, 6.45) is -6.04. The lowest BCUT2D eigenvalue weighted by Gasteiger charge is -2.14. The van der Waals surface area contributed by atoms with Crippen molar-refractivity contribution in [1.82, 2.24) is 15.1 Å². The number of carboxylic acid groups (broad SMARTS) is 1. The minimum Gasteiger partial charge on any atom is -0.465 e. The van der Waals surface area contributed by atoms with Crippen molar-refractivity contribution in [1.29, 1.82) is 0 Å². The van der Waals surface area contributed by atoms with E-state index in [9.17, 15) is 22.8 Å². The van der Waals surface area contributed by atoms with Crippen LogP contribution in [-0.2, 0) is 12.7 Å². The summed E-state index contributed by atoms with van der Waals surface area (Å²) in [6.45, 7) is -0.0768. The molecule has 1 heterocycles. The van der Waals surface area contributed by atoms with Gasteiger partial charge >= 0.3 is 12.3 Å². The number of hydrogen-bond acceptors (Lipinski definition) is 4. The van der Waals surface area contributed by atoms with Gasteiger partial charge in [-0.25, -0.2) is 9.48 Å². The van der Waals surface area contributed by atoms with Crippen molar-refractivity contribution in [3.63, 3.8) is 0 Å². The van der Waals surface area contributed by atoms with Gasteiger partial charge < -0.3 is 21.5 Å². The van der Waals surface area contributed by atoms with Gasteiger partial charge in [-0.15, -0.1) is 0 Å². The summed E-state index contributed by atoms with van der Waals surface area (Å²) >= 11 is 0. The van der Waals surface area contributed by atoms with Crippen LogP contribution < -0.4 is 16.4 Å². The van der Waals surface area contributed by atoms with Crippen LogP contribution in [-0.4, -0.2) is 26.9 Å². The van der Waals surface area contributed by atoms with E-state index in [1.54, 1.807) is 30.3 Å². The van der Waals surface area contributed by atoms with Crippen molar-refractivity contribution in [2.45, 2.75) is 18.8 Å². The van der Waals surface area contributed by atoms with Gasteiger partial charge in [-0.3, -0.25) is 4.79 Å². The second-order valence-corrected chi connectivity index (χ2v) is 8.12. The Kier molecular flexibility index (Phi) is 7.25. The fourth-order valence-corrected chi connectivity index (χ4v) is 3.71. The molecular formula is C26H22F3N5O3. The number of nitrogens with one attached hydrogen (secondary N) is 2. The highest BCUT2D eigenvalue weighted by Crippen LogP contribution is 2.30. The van der Waals surface area contributed by atoms with Gasteiger partial charge in [-0.2, -0.15) is 18.3 Å². The Bertz CT molecular complexity index is 1420. The van der Waals surface area contributed by atoms with Crippen LogP contribution in [0.25, 0.3) is 5.69 Å². The maximum atomic E-state index is 13.5. The molecule has 4 aromatic rings. The first kappa shape index (κ1) is 25.5. The normalized spacial score (nSPS) is 12.1. The molecule has 1 aromatic heterocycles. The summed E-state index contributed by atoms with van der Waals surface area (Å²) in [7, 11) is 0. The first-order valence-corrected chi connectivity index (χ1v) is 11.1. The maximum Gasteiger partial charge on any atom is 0.435 e. The molecule has 4 rings (SSSR count). The second kappa shape index (κ2) is 10.5. The highest BCUT2D eigenvalue weighted by molar-refractivity contribution is 6.03. The quantitative estimate of drug-likeness (QED) is 0.281. The van der Waals surface area contributed by atoms with E-state index in [1.165, 1.54) is 18.2 Å². The van der Waals surface area contributed by atoms with Crippen LogP contribution in [0.4, 0.5) is 23.7 Å². The molecule has 5 N–H and O–H groups in total. The number of nitrogens with two attached hydrogens (primary N) is 1. The Morgan fingerprint density at radius 1 is 0.946 bits per heavy atom. The van der Waals surface area contributed by atoms with Crippen molar-refractivity contribution in [3.05, 3.63) is 113 Å². The number of rotatable bonds is 7. The molecule has 0 fully saturated rings. The summed E-state index contributed by atoms with van der Waals surface area (Å²) in [5.41, 5.74) is 7.27. The van der Waals surface area contributed by atoms with Crippen molar-refractivity contribution >= 4 is 17.7 Å². The molecule has 11 heteroatoms. The molecule has 8 nitrogen and oxygen atoms in total.